The SMILES string of the molecule is O=C(c1ccc(F)cc1I)c1csc2ccccc12. The van der Waals surface area contributed by atoms with Gasteiger partial charge >= 0.3 is 0 Å². The molecule has 3 aromatic rings. The van der Waals surface area contributed by atoms with Gasteiger partial charge in [-0.25, -0.2) is 4.39 Å². The number of ketones is 1. The minimum Gasteiger partial charge on any atom is -0.289 e. The Balaban J connectivity index is 2.13. The molecule has 0 amide bonds. The van der Waals surface area contributed by atoms with E-state index in [4.69, 9.17) is 0 Å². The maximum Gasteiger partial charge on any atom is 0.195 e. The predicted octanol–water partition coefficient (Wildman–Crippen LogP) is 4.88. The summed E-state index contributed by atoms with van der Waals surface area (Å²) in [5.74, 6) is -0.377. The fraction of sp³-hybridized carbons (Fsp3) is 0. The van der Waals surface area contributed by atoms with Crippen LogP contribution < -0.4 is 0 Å². The van der Waals surface area contributed by atoms with Gasteiger partial charge in [0.25, 0.3) is 0 Å². The van der Waals surface area contributed by atoms with E-state index in [9.17, 15) is 9.18 Å². The topological polar surface area (TPSA) is 17.1 Å². The lowest BCUT2D eigenvalue weighted by Crippen LogP contribution is -2.03. The minimum absolute atomic E-state index is 0.0538. The number of halogens is 2. The molecule has 3 rings (SSSR count). The summed E-state index contributed by atoms with van der Waals surface area (Å²) in [5, 5.41) is 2.82. The van der Waals surface area contributed by atoms with Crippen LogP contribution in [0.1, 0.15) is 15.9 Å². The molecule has 4 heteroatoms. The first-order chi connectivity index (χ1) is 9.16. The van der Waals surface area contributed by atoms with Crippen LogP contribution in [0.2, 0.25) is 0 Å². The number of rotatable bonds is 2. The molecule has 0 N–H and O–H groups in total. The van der Waals surface area contributed by atoms with Crippen LogP contribution in [0.3, 0.4) is 0 Å². The second kappa shape index (κ2) is 5.02. The molecule has 0 atom stereocenters. The summed E-state index contributed by atoms with van der Waals surface area (Å²) >= 11 is 3.54. The van der Waals surface area contributed by atoms with Crippen LogP contribution in [-0.4, -0.2) is 5.78 Å². The van der Waals surface area contributed by atoms with E-state index < -0.39 is 0 Å². The van der Waals surface area contributed by atoms with Gasteiger partial charge in [-0.1, -0.05) is 18.2 Å². The molecule has 0 aliphatic rings. The summed E-state index contributed by atoms with van der Waals surface area (Å²) in [7, 11) is 0. The van der Waals surface area contributed by atoms with Gasteiger partial charge in [-0.15, -0.1) is 11.3 Å². The molecule has 0 radical (unpaired) electrons. The summed E-state index contributed by atoms with van der Waals surface area (Å²) in [6, 6.07) is 12.1. The molecule has 0 saturated carbocycles. The van der Waals surface area contributed by atoms with Crippen molar-refractivity contribution in [1.29, 1.82) is 0 Å². The van der Waals surface area contributed by atoms with E-state index in [1.165, 1.54) is 12.1 Å². The van der Waals surface area contributed by atoms with Gasteiger partial charge in [0.05, 0.1) is 0 Å². The summed E-state index contributed by atoms with van der Waals surface area (Å²) in [4.78, 5) is 12.5. The number of fused-ring (bicyclic) bond motifs is 1. The van der Waals surface area contributed by atoms with Crippen molar-refractivity contribution >= 4 is 49.8 Å². The summed E-state index contributed by atoms with van der Waals surface area (Å²) in [6.45, 7) is 0. The standard InChI is InChI=1S/C15H8FIOS/c16-9-5-6-11(13(17)7-9)15(18)12-8-19-14-4-2-1-3-10(12)14/h1-8H. The zero-order valence-electron chi connectivity index (χ0n) is 9.69. The monoisotopic (exact) mass is 382 g/mol. The second-order valence-corrected chi connectivity index (χ2v) is 6.17. The van der Waals surface area contributed by atoms with Crippen molar-refractivity contribution in [3.63, 3.8) is 0 Å². The smallest absolute Gasteiger partial charge is 0.195 e. The Bertz CT molecular complexity index is 779. The van der Waals surface area contributed by atoms with E-state index in [1.807, 2.05) is 52.2 Å². The highest BCUT2D eigenvalue weighted by Crippen LogP contribution is 2.28. The Hall–Kier alpha value is -1.27. The molecule has 1 heterocycles. The molecule has 0 aliphatic carbocycles. The second-order valence-electron chi connectivity index (χ2n) is 4.10. The molecule has 2 aromatic carbocycles. The first kappa shape index (κ1) is 12.7. The van der Waals surface area contributed by atoms with Gasteiger partial charge in [0.15, 0.2) is 5.78 Å². The highest BCUT2D eigenvalue weighted by atomic mass is 127. The van der Waals surface area contributed by atoms with E-state index in [0.717, 1.165) is 10.1 Å². The molecular formula is C15H8FIOS. The van der Waals surface area contributed by atoms with Crippen molar-refractivity contribution in [2.75, 3.05) is 0 Å². The molecule has 1 aromatic heterocycles. The van der Waals surface area contributed by atoms with Crippen LogP contribution >= 0.6 is 33.9 Å². The van der Waals surface area contributed by atoms with Crippen molar-refractivity contribution in [1.82, 2.24) is 0 Å². The van der Waals surface area contributed by atoms with E-state index in [1.54, 1.807) is 17.4 Å². The maximum atomic E-state index is 13.1. The van der Waals surface area contributed by atoms with Crippen LogP contribution in [0.15, 0.2) is 47.8 Å². The Labute approximate surface area is 127 Å². The highest BCUT2D eigenvalue weighted by molar-refractivity contribution is 14.1. The third-order valence-corrected chi connectivity index (χ3v) is 4.76. The fourth-order valence-electron chi connectivity index (χ4n) is 1.97. The number of hydrogen-bond acceptors (Lipinski definition) is 2. The number of hydrogen-bond donors (Lipinski definition) is 0. The number of thiophene rings is 1. The predicted molar refractivity (Wildman–Crippen MR) is 84.4 cm³/mol. The Morgan fingerprint density at radius 2 is 1.89 bits per heavy atom. The summed E-state index contributed by atoms with van der Waals surface area (Å²) < 4.78 is 14.8. The number of carbonyl (C=O) groups is 1. The highest BCUT2D eigenvalue weighted by Gasteiger charge is 2.16. The molecule has 0 aliphatic heterocycles. The van der Waals surface area contributed by atoms with E-state index in [0.29, 0.717) is 14.7 Å². The van der Waals surface area contributed by atoms with Gasteiger partial charge in [-0.05, 0) is 46.9 Å². The molecule has 0 spiro atoms. The fourth-order valence-corrected chi connectivity index (χ4v) is 3.64. The molecule has 0 bridgehead atoms. The maximum absolute atomic E-state index is 13.1. The van der Waals surface area contributed by atoms with E-state index in [-0.39, 0.29) is 11.6 Å². The Kier molecular flexibility index (Phi) is 3.36. The van der Waals surface area contributed by atoms with Gasteiger partial charge < -0.3 is 0 Å². The van der Waals surface area contributed by atoms with Gasteiger partial charge in [0, 0.05) is 30.2 Å². The van der Waals surface area contributed by atoms with Crippen molar-refractivity contribution in [2.45, 2.75) is 0 Å². The van der Waals surface area contributed by atoms with Crippen LogP contribution in [0.4, 0.5) is 4.39 Å². The van der Waals surface area contributed by atoms with E-state index in [2.05, 4.69) is 0 Å². The summed E-state index contributed by atoms with van der Waals surface area (Å²) in [6.07, 6.45) is 0. The lowest BCUT2D eigenvalue weighted by Gasteiger charge is -2.03. The lowest BCUT2D eigenvalue weighted by atomic mass is 10.0. The zero-order valence-corrected chi connectivity index (χ0v) is 12.7. The lowest BCUT2D eigenvalue weighted by molar-refractivity contribution is 0.104. The summed E-state index contributed by atoms with van der Waals surface area (Å²) in [5.41, 5.74) is 1.23. The van der Waals surface area contributed by atoms with Gasteiger partial charge in [0.2, 0.25) is 0 Å². The number of carbonyl (C=O) groups excluding carboxylic acids is 1. The van der Waals surface area contributed by atoms with Crippen molar-refractivity contribution in [3.05, 3.63) is 68.4 Å². The van der Waals surface area contributed by atoms with Crippen molar-refractivity contribution in [3.8, 4) is 0 Å². The van der Waals surface area contributed by atoms with Crippen LogP contribution in [-0.2, 0) is 0 Å². The molecule has 0 unspecified atom stereocenters. The van der Waals surface area contributed by atoms with Crippen molar-refractivity contribution < 1.29 is 9.18 Å². The van der Waals surface area contributed by atoms with Crippen LogP contribution in [0, 0.1) is 9.39 Å². The average Bonchev–Trinajstić information content (AvgIpc) is 2.82. The molecule has 0 saturated heterocycles. The minimum atomic E-state index is -0.323. The Morgan fingerprint density at radius 1 is 1.11 bits per heavy atom. The largest absolute Gasteiger partial charge is 0.289 e. The van der Waals surface area contributed by atoms with Gasteiger partial charge in [0.1, 0.15) is 5.82 Å². The average molecular weight is 382 g/mol. The molecule has 19 heavy (non-hydrogen) atoms. The molecule has 0 fully saturated rings. The van der Waals surface area contributed by atoms with Crippen molar-refractivity contribution in [2.24, 2.45) is 0 Å². The molecular weight excluding hydrogens is 374 g/mol. The van der Waals surface area contributed by atoms with Crippen LogP contribution in [0.25, 0.3) is 10.1 Å². The zero-order chi connectivity index (χ0) is 13.4. The van der Waals surface area contributed by atoms with Gasteiger partial charge in [-0.3, -0.25) is 4.79 Å². The Morgan fingerprint density at radius 3 is 2.68 bits per heavy atom. The van der Waals surface area contributed by atoms with Crippen LogP contribution in [0.5, 0.6) is 0 Å². The first-order valence-corrected chi connectivity index (χ1v) is 7.58. The first-order valence-electron chi connectivity index (χ1n) is 5.63. The number of benzene rings is 2. The third kappa shape index (κ3) is 2.30. The normalized spacial score (nSPS) is 10.8. The molecule has 94 valence electrons. The van der Waals surface area contributed by atoms with E-state index >= 15 is 0 Å². The third-order valence-electron chi connectivity index (χ3n) is 2.90. The molecule has 1 nitrogen and oxygen atoms in total. The van der Waals surface area contributed by atoms with Gasteiger partial charge in [-0.2, -0.15) is 0 Å². The quantitative estimate of drug-likeness (QED) is 0.456.